The number of nitrogens with zero attached hydrogens (tertiary/aromatic N) is 1. The number of hydrogen-bond donors (Lipinski definition) is 2. The molecule has 1 aliphatic carbocycles. The summed E-state index contributed by atoms with van der Waals surface area (Å²) in [5.41, 5.74) is 7.88. The summed E-state index contributed by atoms with van der Waals surface area (Å²) in [7, 11) is 0. The predicted molar refractivity (Wildman–Crippen MR) is 121 cm³/mol. The second-order valence-corrected chi connectivity index (χ2v) is 8.33. The normalized spacial score (nSPS) is 15.8. The van der Waals surface area contributed by atoms with E-state index in [1.165, 1.54) is 27.8 Å². The molecule has 0 saturated heterocycles. The van der Waals surface area contributed by atoms with Gasteiger partial charge in [0, 0.05) is 30.7 Å². The monoisotopic (exact) mass is 414 g/mol. The number of aliphatic hydroxyl groups is 1. The molecule has 0 aromatic heterocycles. The second kappa shape index (κ2) is 8.17. The molecule has 2 aliphatic rings. The lowest BCUT2D eigenvalue weighted by Crippen LogP contribution is -2.30. The molecule has 3 aromatic rings. The van der Waals surface area contributed by atoms with Crippen molar-refractivity contribution in [1.29, 1.82) is 0 Å². The Labute approximate surface area is 182 Å². The van der Waals surface area contributed by atoms with Gasteiger partial charge in [0.2, 0.25) is 0 Å². The molecular formula is C26H26N2O3. The first kappa shape index (κ1) is 19.8. The van der Waals surface area contributed by atoms with Crippen LogP contribution in [-0.2, 0) is 17.8 Å². The number of carbonyl (C=O) groups is 1. The molecule has 0 bridgehead atoms. The summed E-state index contributed by atoms with van der Waals surface area (Å²) in [6, 6.07) is 22.6. The maximum atomic E-state index is 12.7. The van der Waals surface area contributed by atoms with E-state index in [0.717, 1.165) is 17.8 Å². The van der Waals surface area contributed by atoms with Crippen molar-refractivity contribution in [2.45, 2.75) is 32.0 Å². The van der Waals surface area contributed by atoms with Gasteiger partial charge in [0.1, 0.15) is 6.61 Å². The van der Waals surface area contributed by atoms with E-state index in [0.29, 0.717) is 13.2 Å². The molecule has 1 unspecified atom stereocenters. The van der Waals surface area contributed by atoms with Crippen LogP contribution in [0.4, 0.5) is 10.5 Å². The van der Waals surface area contributed by atoms with Crippen LogP contribution in [0.1, 0.15) is 35.1 Å². The predicted octanol–water partition coefficient (Wildman–Crippen LogP) is 4.74. The van der Waals surface area contributed by atoms with Crippen LogP contribution in [0.5, 0.6) is 0 Å². The fourth-order valence-corrected chi connectivity index (χ4v) is 4.74. The van der Waals surface area contributed by atoms with Crippen LogP contribution in [0.2, 0.25) is 0 Å². The molecule has 1 atom stereocenters. The minimum absolute atomic E-state index is 0.0422. The van der Waals surface area contributed by atoms with Crippen LogP contribution in [0, 0.1) is 0 Å². The number of benzene rings is 3. The zero-order valence-corrected chi connectivity index (χ0v) is 17.5. The van der Waals surface area contributed by atoms with Crippen molar-refractivity contribution in [3.63, 3.8) is 0 Å². The molecular weight excluding hydrogens is 388 g/mol. The van der Waals surface area contributed by atoms with Crippen molar-refractivity contribution in [3.05, 3.63) is 89.0 Å². The van der Waals surface area contributed by atoms with Crippen LogP contribution in [0.25, 0.3) is 11.1 Å². The largest absolute Gasteiger partial charge is 0.448 e. The third-order valence-corrected chi connectivity index (χ3v) is 6.48. The fourth-order valence-electron chi connectivity index (χ4n) is 4.74. The van der Waals surface area contributed by atoms with Gasteiger partial charge in [-0.2, -0.15) is 0 Å². The van der Waals surface area contributed by atoms with E-state index in [1.54, 1.807) is 0 Å². The van der Waals surface area contributed by atoms with E-state index >= 15 is 0 Å². The van der Waals surface area contributed by atoms with Crippen LogP contribution in [0.3, 0.4) is 0 Å². The Morgan fingerprint density at radius 1 is 1.03 bits per heavy atom. The lowest BCUT2D eigenvalue weighted by atomic mass is 9.98. The van der Waals surface area contributed by atoms with Crippen LogP contribution >= 0.6 is 0 Å². The number of carbonyl (C=O) groups excluding carboxylic acids is 1. The number of nitrogens with one attached hydrogen (secondary N) is 1. The van der Waals surface area contributed by atoms with Crippen molar-refractivity contribution in [2.75, 3.05) is 18.5 Å². The molecule has 5 heteroatoms. The number of ether oxygens (including phenoxy) is 1. The van der Waals surface area contributed by atoms with E-state index in [1.807, 2.05) is 43.3 Å². The quantitative estimate of drug-likeness (QED) is 0.633. The molecule has 2 N–H and O–H groups in total. The van der Waals surface area contributed by atoms with E-state index in [-0.39, 0.29) is 18.6 Å². The number of aliphatic hydroxyl groups excluding tert-OH is 1. The summed E-state index contributed by atoms with van der Waals surface area (Å²) < 4.78 is 5.70. The summed E-state index contributed by atoms with van der Waals surface area (Å²) >= 11 is 0. The van der Waals surface area contributed by atoms with E-state index in [4.69, 9.17) is 4.74 Å². The Kier molecular flexibility index (Phi) is 5.22. The minimum Gasteiger partial charge on any atom is -0.448 e. The zero-order valence-electron chi connectivity index (χ0n) is 17.5. The van der Waals surface area contributed by atoms with Gasteiger partial charge in [0.25, 0.3) is 0 Å². The Bertz CT molecular complexity index is 1080. The van der Waals surface area contributed by atoms with Crippen molar-refractivity contribution >= 4 is 11.8 Å². The minimum atomic E-state index is -0.441. The molecule has 0 fully saturated rings. The third kappa shape index (κ3) is 3.60. The van der Waals surface area contributed by atoms with Gasteiger partial charge < -0.3 is 9.84 Å². The van der Waals surface area contributed by atoms with Crippen molar-refractivity contribution < 1.29 is 14.6 Å². The number of fused-ring (bicyclic) bond motifs is 4. The van der Waals surface area contributed by atoms with Crippen molar-refractivity contribution in [3.8, 4) is 11.1 Å². The molecule has 5 rings (SSSR count). The van der Waals surface area contributed by atoms with E-state index in [9.17, 15) is 9.90 Å². The molecule has 0 radical (unpaired) electrons. The summed E-state index contributed by atoms with van der Waals surface area (Å²) in [5.74, 6) is 0.0422. The Balaban J connectivity index is 1.29. The standard InChI is InChI=1S/C26H26N2O3/c1-17(15-29)28-13-18-7-6-12-25(23(18)14-28)27-26(30)31-16-24-21-10-4-2-8-19(21)20-9-3-5-11-22(20)24/h2-12,17,24,29H,13-16H2,1H3,(H,27,30). The van der Waals surface area contributed by atoms with Crippen molar-refractivity contribution in [2.24, 2.45) is 0 Å². The summed E-state index contributed by atoms with van der Waals surface area (Å²) in [6.07, 6.45) is -0.441. The Morgan fingerprint density at radius 3 is 2.39 bits per heavy atom. The number of rotatable bonds is 5. The summed E-state index contributed by atoms with van der Waals surface area (Å²) in [5, 5.41) is 12.4. The molecule has 5 nitrogen and oxygen atoms in total. The smallest absolute Gasteiger partial charge is 0.411 e. The Hall–Kier alpha value is -3.15. The SMILES string of the molecule is CC(CO)N1Cc2cccc(NC(=O)OCC3c4ccccc4-c4ccccc43)c2C1. The summed E-state index contributed by atoms with van der Waals surface area (Å²) in [6.45, 7) is 3.89. The van der Waals surface area contributed by atoms with Gasteiger partial charge in [-0.15, -0.1) is 0 Å². The van der Waals surface area contributed by atoms with Gasteiger partial charge in [0.15, 0.2) is 0 Å². The highest BCUT2D eigenvalue weighted by Crippen LogP contribution is 2.44. The lowest BCUT2D eigenvalue weighted by molar-refractivity contribution is 0.134. The molecule has 0 spiro atoms. The summed E-state index contributed by atoms with van der Waals surface area (Å²) in [4.78, 5) is 14.9. The van der Waals surface area contributed by atoms with Crippen LogP contribution in [0.15, 0.2) is 66.7 Å². The van der Waals surface area contributed by atoms with Gasteiger partial charge in [-0.25, -0.2) is 4.79 Å². The van der Waals surface area contributed by atoms with Gasteiger partial charge in [-0.05, 0) is 46.4 Å². The van der Waals surface area contributed by atoms with Crippen LogP contribution < -0.4 is 5.32 Å². The average Bonchev–Trinajstić information content (AvgIpc) is 3.37. The highest BCUT2D eigenvalue weighted by atomic mass is 16.5. The highest BCUT2D eigenvalue weighted by Gasteiger charge is 2.29. The van der Waals surface area contributed by atoms with E-state index in [2.05, 4.69) is 40.5 Å². The highest BCUT2D eigenvalue weighted by molar-refractivity contribution is 5.86. The van der Waals surface area contributed by atoms with Gasteiger partial charge in [-0.1, -0.05) is 60.7 Å². The first-order chi connectivity index (χ1) is 15.2. The fraction of sp³-hybridized carbons (Fsp3) is 0.269. The number of hydrogen-bond acceptors (Lipinski definition) is 4. The van der Waals surface area contributed by atoms with Gasteiger partial charge in [-0.3, -0.25) is 10.2 Å². The van der Waals surface area contributed by atoms with Gasteiger partial charge in [0.05, 0.1) is 6.61 Å². The topological polar surface area (TPSA) is 61.8 Å². The molecule has 1 amide bonds. The third-order valence-electron chi connectivity index (χ3n) is 6.48. The Morgan fingerprint density at radius 2 is 1.71 bits per heavy atom. The lowest BCUT2D eigenvalue weighted by Gasteiger charge is -2.21. The van der Waals surface area contributed by atoms with E-state index < -0.39 is 6.09 Å². The van der Waals surface area contributed by atoms with Crippen LogP contribution in [-0.4, -0.2) is 35.4 Å². The molecule has 31 heavy (non-hydrogen) atoms. The number of amides is 1. The first-order valence-corrected chi connectivity index (χ1v) is 10.7. The number of anilines is 1. The molecule has 0 saturated carbocycles. The van der Waals surface area contributed by atoms with Crippen molar-refractivity contribution in [1.82, 2.24) is 4.90 Å². The van der Waals surface area contributed by atoms with Gasteiger partial charge >= 0.3 is 6.09 Å². The molecule has 3 aromatic carbocycles. The molecule has 158 valence electrons. The average molecular weight is 415 g/mol. The zero-order chi connectivity index (χ0) is 21.4. The molecule has 1 heterocycles. The maximum Gasteiger partial charge on any atom is 0.411 e. The second-order valence-electron chi connectivity index (χ2n) is 8.33. The first-order valence-electron chi connectivity index (χ1n) is 10.7. The maximum absolute atomic E-state index is 12.7. The molecule has 1 aliphatic heterocycles.